The van der Waals surface area contributed by atoms with E-state index < -0.39 is 5.76 Å². The predicted octanol–water partition coefficient (Wildman–Crippen LogP) is 2.63. The van der Waals surface area contributed by atoms with E-state index in [0.717, 1.165) is 10.7 Å². The molecule has 0 amide bonds. The van der Waals surface area contributed by atoms with Crippen LogP contribution in [0.3, 0.4) is 0 Å². The molecule has 4 aromatic heterocycles. The van der Waals surface area contributed by atoms with Gasteiger partial charge in [0.25, 0.3) is 0 Å². The Morgan fingerprint density at radius 2 is 2.30 bits per heavy atom. The van der Waals surface area contributed by atoms with Gasteiger partial charge in [0.15, 0.2) is 17.1 Å². The second-order valence-electron chi connectivity index (χ2n) is 4.64. The summed E-state index contributed by atoms with van der Waals surface area (Å²) in [6, 6.07) is 7.43. The van der Waals surface area contributed by atoms with Crippen LogP contribution >= 0.6 is 23.1 Å². The molecule has 0 spiro atoms. The maximum atomic E-state index is 11.9. The Bertz CT molecular complexity index is 986. The average Bonchev–Trinajstić information content (AvgIpc) is 3.27. The zero-order valence-corrected chi connectivity index (χ0v) is 13.4. The molecule has 0 saturated heterocycles. The van der Waals surface area contributed by atoms with Crippen molar-refractivity contribution in [3.8, 4) is 10.7 Å². The van der Waals surface area contributed by atoms with E-state index in [-0.39, 0.29) is 0 Å². The monoisotopic (exact) mass is 345 g/mol. The predicted molar refractivity (Wildman–Crippen MR) is 88.7 cm³/mol. The third-order valence-electron chi connectivity index (χ3n) is 3.19. The Hall–Kier alpha value is -2.39. The number of nitrogens with one attached hydrogen (secondary N) is 1. The van der Waals surface area contributed by atoms with Gasteiger partial charge in [-0.1, -0.05) is 17.8 Å². The number of aromatic amines is 1. The number of thioether (sulfide) groups is 1. The Balaban J connectivity index is 1.46. The lowest BCUT2D eigenvalue weighted by atomic mass is 10.4. The molecule has 0 aromatic carbocycles. The molecule has 0 unspecified atom stereocenters. The Kier molecular flexibility index (Phi) is 3.72. The summed E-state index contributed by atoms with van der Waals surface area (Å²) in [6.07, 6.45) is 1.64. The Morgan fingerprint density at radius 3 is 3.17 bits per heavy atom. The van der Waals surface area contributed by atoms with Gasteiger partial charge in [-0.2, -0.15) is 0 Å². The van der Waals surface area contributed by atoms with E-state index in [1.54, 1.807) is 29.7 Å². The molecule has 0 atom stereocenters. The van der Waals surface area contributed by atoms with Gasteiger partial charge < -0.3 is 4.42 Å². The minimum Gasteiger partial charge on any atom is -0.406 e. The van der Waals surface area contributed by atoms with Crippen LogP contribution < -0.4 is 5.76 Å². The van der Waals surface area contributed by atoms with Gasteiger partial charge in [-0.3, -0.25) is 9.67 Å². The minimum absolute atomic E-state index is 0.395. The molecular formula is C14H11N5O2S2. The molecule has 4 aromatic rings. The standard InChI is InChI=1S/C14H11N5O2S2/c20-14-19(12-9(21-14)3-1-5-15-12)6-8-23-13-16-11(17-18-13)10-4-2-7-22-10/h1-5,7H,6,8H2,(H,16,17,18). The van der Waals surface area contributed by atoms with Gasteiger partial charge in [0.1, 0.15) is 0 Å². The van der Waals surface area contributed by atoms with Gasteiger partial charge in [-0.25, -0.2) is 14.8 Å². The molecule has 116 valence electrons. The number of hydrogen-bond acceptors (Lipinski definition) is 7. The zero-order chi connectivity index (χ0) is 15.6. The molecule has 1 N–H and O–H groups in total. The highest BCUT2D eigenvalue weighted by molar-refractivity contribution is 7.99. The molecule has 9 heteroatoms. The number of aromatic nitrogens is 5. The van der Waals surface area contributed by atoms with Crippen LogP contribution in [0.5, 0.6) is 0 Å². The van der Waals surface area contributed by atoms with Gasteiger partial charge in [-0.05, 0) is 23.6 Å². The van der Waals surface area contributed by atoms with Crippen molar-refractivity contribution in [3.63, 3.8) is 0 Å². The molecular weight excluding hydrogens is 334 g/mol. The maximum absolute atomic E-state index is 11.9. The first kappa shape index (κ1) is 14.2. The molecule has 7 nitrogen and oxygen atoms in total. The molecule has 0 aliphatic rings. The van der Waals surface area contributed by atoms with Crippen LogP contribution in [0, 0.1) is 0 Å². The molecule has 0 aliphatic carbocycles. The largest absolute Gasteiger partial charge is 0.421 e. The van der Waals surface area contributed by atoms with E-state index in [1.165, 1.54) is 16.3 Å². The SMILES string of the molecule is O=c1oc2cccnc2n1CCSc1n[nH]c(-c2cccs2)n1. The topological polar surface area (TPSA) is 89.6 Å². The molecule has 0 aliphatic heterocycles. The van der Waals surface area contributed by atoms with E-state index >= 15 is 0 Å². The quantitative estimate of drug-likeness (QED) is 0.559. The maximum Gasteiger partial charge on any atom is 0.421 e. The highest BCUT2D eigenvalue weighted by atomic mass is 32.2. The van der Waals surface area contributed by atoms with Crippen molar-refractivity contribution in [1.82, 2.24) is 24.7 Å². The normalized spacial score (nSPS) is 11.3. The summed E-state index contributed by atoms with van der Waals surface area (Å²) in [5.41, 5.74) is 1.06. The van der Waals surface area contributed by atoms with Crippen molar-refractivity contribution in [2.24, 2.45) is 0 Å². The lowest BCUT2D eigenvalue weighted by Gasteiger charge is -1.99. The summed E-state index contributed by atoms with van der Waals surface area (Å²) in [5, 5.41) is 9.75. The summed E-state index contributed by atoms with van der Waals surface area (Å²) >= 11 is 3.08. The minimum atomic E-state index is -0.395. The van der Waals surface area contributed by atoms with Gasteiger partial charge in [-0.15, -0.1) is 16.4 Å². The molecule has 0 fully saturated rings. The van der Waals surface area contributed by atoms with Gasteiger partial charge >= 0.3 is 5.76 Å². The van der Waals surface area contributed by atoms with Crippen molar-refractivity contribution in [1.29, 1.82) is 0 Å². The summed E-state index contributed by atoms with van der Waals surface area (Å²) in [6.45, 7) is 0.483. The first-order valence-electron chi connectivity index (χ1n) is 6.85. The third-order valence-corrected chi connectivity index (χ3v) is 4.89. The number of oxazole rings is 1. The first-order valence-corrected chi connectivity index (χ1v) is 8.71. The van der Waals surface area contributed by atoms with Crippen LogP contribution in [-0.4, -0.2) is 30.5 Å². The number of thiophene rings is 1. The Morgan fingerprint density at radius 1 is 1.35 bits per heavy atom. The summed E-state index contributed by atoms with van der Waals surface area (Å²) in [5.74, 6) is 1.01. The zero-order valence-electron chi connectivity index (χ0n) is 11.8. The number of nitrogens with zero attached hydrogens (tertiary/aromatic N) is 4. The summed E-state index contributed by atoms with van der Waals surface area (Å²) in [7, 11) is 0. The van der Waals surface area contributed by atoms with Crippen LogP contribution in [0.15, 0.2) is 50.2 Å². The molecule has 0 radical (unpaired) electrons. The van der Waals surface area contributed by atoms with Gasteiger partial charge in [0.05, 0.1) is 4.88 Å². The van der Waals surface area contributed by atoms with E-state index in [0.29, 0.717) is 28.7 Å². The van der Waals surface area contributed by atoms with Crippen molar-refractivity contribution in [2.75, 3.05) is 5.75 Å². The number of rotatable bonds is 5. The summed E-state index contributed by atoms with van der Waals surface area (Å²) in [4.78, 5) is 21.5. The Labute approximate surface area is 138 Å². The number of H-pyrrole nitrogens is 1. The van der Waals surface area contributed by atoms with Crippen molar-refractivity contribution >= 4 is 34.3 Å². The lowest BCUT2D eigenvalue weighted by molar-refractivity contribution is 0.514. The van der Waals surface area contributed by atoms with Crippen molar-refractivity contribution in [3.05, 3.63) is 46.4 Å². The molecule has 4 heterocycles. The molecule has 4 rings (SSSR count). The summed E-state index contributed by atoms with van der Waals surface area (Å²) < 4.78 is 6.68. The van der Waals surface area contributed by atoms with Crippen LogP contribution in [-0.2, 0) is 6.54 Å². The smallest absolute Gasteiger partial charge is 0.406 e. The van der Waals surface area contributed by atoms with Gasteiger partial charge in [0, 0.05) is 18.5 Å². The van der Waals surface area contributed by atoms with Crippen LogP contribution in [0.25, 0.3) is 21.9 Å². The number of fused-ring (bicyclic) bond motifs is 1. The number of aryl methyl sites for hydroxylation is 1. The number of pyridine rings is 1. The second-order valence-corrected chi connectivity index (χ2v) is 6.65. The molecule has 0 bridgehead atoms. The van der Waals surface area contributed by atoms with E-state index in [9.17, 15) is 4.79 Å². The average molecular weight is 345 g/mol. The van der Waals surface area contributed by atoms with Crippen LogP contribution in [0.1, 0.15) is 0 Å². The van der Waals surface area contributed by atoms with Crippen LogP contribution in [0.2, 0.25) is 0 Å². The van der Waals surface area contributed by atoms with E-state index in [4.69, 9.17) is 4.42 Å². The fourth-order valence-corrected chi connectivity index (χ4v) is 3.55. The van der Waals surface area contributed by atoms with Gasteiger partial charge in [0.2, 0.25) is 5.16 Å². The molecule has 23 heavy (non-hydrogen) atoms. The highest BCUT2D eigenvalue weighted by Crippen LogP contribution is 2.23. The fraction of sp³-hybridized carbons (Fsp3) is 0.143. The lowest BCUT2D eigenvalue weighted by Crippen LogP contribution is -2.16. The fourth-order valence-electron chi connectivity index (χ4n) is 2.16. The van der Waals surface area contributed by atoms with Crippen molar-refractivity contribution in [2.45, 2.75) is 11.7 Å². The molecule has 0 saturated carbocycles. The second kappa shape index (κ2) is 6.01. The number of hydrogen-bond donors (Lipinski definition) is 1. The first-order chi connectivity index (χ1) is 11.3. The van der Waals surface area contributed by atoms with Crippen molar-refractivity contribution < 1.29 is 4.42 Å². The third kappa shape index (κ3) is 2.80. The van der Waals surface area contributed by atoms with Crippen LogP contribution in [0.4, 0.5) is 0 Å². The van der Waals surface area contributed by atoms with E-state index in [1.807, 2.05) is 17.5 Å². The highest BCUT2D eigenvalue weighted by Gasteiger charge is 2.11. The van der Waals surface area contributed by atoms with E-state index in [2.05, 4.69) is 20.2 Å².